The quantitative estimate of drug-likeness (QED) is 0.344. The molecule has 0 nitrogen and oxygen atoms in total. The van der Waals surface area contributed by atoms with Crippen LogP contribution in [-0.2, 0) is 0 Å². The van der Waals surface area contributed by atoms with Gasteiger partial charge in [-0.05, 0) is 19.3 Å². The van der Waals surface area contributed by atoms with Crippen LogP contribution in [0.15, 0.2) is 12.2 Å². The zero-order chi connectivity index (χ0) is 9.78. The largest absolute Gasteiger partial charge is 0.0885 e. The van der Waals surface area contributed by atoms with E-state index in [-0.39, 0.29) is 0 Å². The molecule has 0 spiro atoms. The summed E-state index contributed by atoms with van der Waals surface area (Å²) in [4.78, 5) is 0. The molecule has 0 saturated carbocycles. The Bertz CT molecular complexity index is 103. The third kappa shape index (κ3) is 11.7. The third-order valence-electron chi connectivity index (χ3n) is 2.37. The molecule has 0 N–H and O–H groups in total. The summed E-state index contributed by atoms with van der Waals surface area (Å²) in [6, 6.07) is 0. The molecule has 0 atom stereocenters. The van der Waals surface area contributed by atoms with Gasteiger partial charge in [0.05, 0.1) is 0 Å². The lowest BCUT2D eigenvalue weighted by molar-refractivity contribution is 0.637. The lowest BCUT2D eigenvalue weighted by Crippen LogP contribution is -1.76. The van der Waals surface area contributed by atoms with E-state index in [1.807, 2.05) is 0 Å². The molecule has 0 heteroatoms. The molecule has 78 valence electrons. The van der Waals surface area contributed by atoms with Gasteiger partial charge in [-0.25, -0.2) is 0 Å². The standard InChI is InChI=1S/C13H26/c1-3-5-7-9-11-13-12-10-8-6-4-2/h9,11H,3-8,10,12-13H2,1-2H3/b11-9+. The van der Waals surface area contributed by atoms with Gasteiger partial charge in [-0.1, -0.05) is 64.5 Å². The maximum Gasteiger partial charge on any atom is -0.0351 e. The third-order valence-corrected chi connectivity index (χ3v) is 2.37. The first-order valence-electron chi connectivity index (χ1n) is 6.06. The van der Waals surface area contributed by atoms with Gasteiger partial charge in [-0.15, -0.1) is 0 Å². The highest BCUT2D eigenvalue weighted by molar-refractivity contribution is 4.80. The normalized spacial score (nSPS) is 11.2. The molecule has 0 rings (SSSR count). The maximum absolute atomic E-state index is 2.36. The molecule has 0 aliphatic heterocycles. The van der Waals surface area contributed by atoms with Crippen molar-refractivity contribution in [3.8, 4) is 0 Å². The average Bonchev–Trinajstić information content (AvgIpc) is 2.16. The van der Waals surface area contributed by atoms with Gasteiger partial charge < -0.3 is 0 Å². The van der Waals surface area contributed by atoms with Gasteiger partial charge in [0.2, 0.25) is 0 Å². The SMILES string of the molecule is CCCC/C=C/CCCCCCC. The highest BCUT2D eigenvalue weighted by Gasteiger charge is 1.86. The van der Waals surface area contributed by atoms with Crippen LogP contribution in [-0.4, -0.2) is 0 Å². The zero-order valence-electron chi connectivity index (χ0n) is 9.52. The zero-order valence-corrected chi connectivity index (χ0v) is 9.52. The summed E-state index contributed by atoms with van der Waals surface area (Å²) in [7, 11) is 0. The van der Waals surface area contributed by atoms with Crippen LogP contribution in [0.25, 0.3) is 0 Å². The molecule has 0 aliphatic rings. The lowest BCUT2D eigenvalue weighted by atomic mass is 10.1. The van der Waals surface area contributed by atoms with Gasteiger partial charge in [-0.3, -0.25) is 0 Å². The number of hydrogen-bond donors (Lipinski definition) is 0. The van der Waals surface area contributed by atoms with Gasteiger partial charge in [0.25, 0.3) is 0 Å². The van der Waals surface area contributed by atoms with Crippen LogP contribution >= 0.6 is 0 Å². The van der Waals surface area contributed by atoms with Crippen LogP contribution in [0.5, 0.6) is 0 Å². The van der Waals surface area contributed by atoms with Crippen molar-refractivity contribution in [3.05, 3.63) is 12.2 Å². The molecule has 13 heavy (non-hydrogen) atoms. The van der Waals surface area contributed by atoms with Crippen molar-refractivity contribution in [2.45, 2.75) is 71.6 Å². The molecule has 0 unspecified atom stereocenters. The van der Waals surface area contributed by atoms with Gasteiger partial charge in [0.15, 0.2) is 0 Å². The molecule has 0 heterocycles. The Kier molecular flexibility index (Phi) is 11.5. The fraction of sp³-hybridized carbons (Fsp3) is 0.846. The Morgan fingerprint density at radius 1 is 0.615 bits per heavy atom. The van der Waals surface area contributed by atoms with Crippen LogP contribution in [0.3, 0.4) is 0 Å². The first-order valence-corrected chi connectivity index (χ1v) is 6.06. The van der Waals surface area contributed by atoms with E-state index in [1.54, 1.807) is 0 Å². The average molecular weight is 182 g/mol. The Labute approximate surface area is 84.4 Å². The van der Waals surface area contributed by atoms with Gasteiger partial charge in [-0.2, -0.15) is 0 Å². The van der Waals surface area contributed by atoms with E-state index in [0.29, 0.717) is 0 Å². The first-order chi connectivity index (χ1) is 6.41. The molecule has 0 fully saturated rings. The molecule has 0 saturated heterocycles. The predicted molar refractivity (Wildman–Crippen MR) is 62.0 cm³/mol. The van der Waals surface area contributed by atoms with Crippen LogP contribution in [0.4, 0.5) is 0 Å². The Morgan fingerprint density at radius 3 is 1.77 bits per heavy atom. The molecule has 0 aromatic heterocycles. The van der Waals surface area contributed by atoms with Gasteiger partial charge in [0, 0.05) is 0 Å². The van der Waals surface area contributed by atoms with Crippen LogP contribution in [0, 0.1) is 0 Å². The summed E-state index contributed by atoms with van der Waals surface area (Å²) in [5.74, 6) is 0. The summed E-state index contributed by atoms with van der Waals surface area (Å²) < 4.78 is 0. The van der Waals surface area contributed by atoms with Crippen molar-refractivity contribution in [1.82, 2.24) is 0 Å². The fourth-order valence-corrected chi connectivity index (χ4v) is 1.42. The topological polar surface area (TPSA) is 0 Å². The van der Waals surface area contributed by atoms with Crippen LogP contribution < -0.4 is 0 Å². The van der Waals surface area contributed by atoms with Crippen molar-refractivity contribution < 1.29 is 0 Å². The number of allylic oxidation sites excluding steroid dienone is 2. The molecular weight excluding hydrogens is 156 g/mol. The van der Waals surface area contributed by atoms with E-state index >= 15 is 0 Å². The van der Waals surface area contributed by atoms with Crippen molar-refractivity contribution in [2.24, 2.45) is 0 Å². The molecule has 0 aliphatic carbocycles. The smallest absolute Gasteiger partial charge is 0.0351 e. The Hall–Kier alpha value is -0.260. The van der Waals surface area contributed by atoms with E-state index in [0.717, 1.165) is 0 Å². The molecule has 0 aromatic rings. The van der Waals surface area contributed by atoms with Crippen molar-refractivity contribution in [2.75, 3.05) is 0 Å². The number of hydrogen-bond acceptors (Lipinski definition) is 0. The number of unbranched alkanes of at least 4 members (excludes halogenated alkanes) is 7. The summed E-state index contributed by atoms with van der Waals surface area (Å²) in [6.07, 6.45) is 17.0. The van der Waals surface area contributed by atoms with Gasteiger partial charge in [0.1, 0.15) is 0 Å². The predicted octanol–water partition coefficient (Wildman–Crippen LogP) is 5.09. The van der Waals surface area contributed by atoms with E-state index < -0.39 is 0 Å². The van der Waals surface area contributed by atoms with Crippen molar-refractivity contribution >= 4 is 0 Å². The van der Waals surface area contributed by atoms with Crippen LogP contribution in [0.1, 0.15) is 71.6 Å². The molecular formula is C13H26. The summed E-state index contributed by atoms with van der Waals surface area (Å²) in [5.41, 5.74) is 0. The monoisotopic (exact) mass is 182 g/mol. The Balaban J connectivity index is 2.93. The summed E-state index contributed by atoms with van der Waals surface area (Å²) in [6.45, 7) is 4.52. The van der Waals surface area contributed by atoms with E-state index in [4.69, 9.17) is 0 Å². The highest BCUT2D eigenvalue weighted by atomic mass is 13.9. The number of rotatable bonds is 9. The second-order valence-corrected chi connectivity index (χ2v) is 3.82. The molecule has 0 aromatic carbocycles. The fourth-order valence-electron chi connectivity index (χ4n) is 1.42. The lowest BCUT2D eigenvalue weighted by Gasteiger charge is -1.96. The highest BCUT2D eigenvalue weighted by Crippen LogP contribution is 2.06. The first kappa shape index (κ1) is 12.7. The second-order valence-electron chi connectivity index (χ2n) is 3.82. The van der Waals surface area contributed by atoms with E-state index in [1.165, 1.54) is 57.8 Å². The van der Waals surface area contributed by atoms with Gasteiger partial charge >= 0.3 is 0 Å². The molecule has 0 radical (unpaired) electrons. The van der Waals surface area contributed by atoms with Crippen LogP contribution in [0.2, 0.25) is 0 Å². The minimum atomic E-state index is 1.28. The molecule has 0 bridgehead atoms. The molecule has 0 amide bonds. The van der Waals surface area contributed by atoms with Crippen molar-refractivity contribution in [1.29, 1.82) is 0 Å². The van der Waals surface area contributed by atoms with E-state index in [9.17, 15) is 0 Å². The van der Waals surface area contributed by atoms with Crippen molar-refractivity contribution in [3.63, 3.8) is 0 Å². The summed E-state index contributed by atoms with van der Waals surface area (Å²) in [5, 5.41) is 0. The second kappa shape index (κ2) is 11.7. The summed E-state index contributed by atoms with van der Waals surface area (Å²) >= 11 is 0. The van der Waals surface area contributed by atoms with E-state index in [2.05, 4.69) is 26.0 Å². The Morgan fingerprint density at radius 2 is 1.15 bits per heavy atom. The minimum Gasteiger partial charge on any atom is -0.0885 e. The minimum absolute atomic E-state index is 1.28. The maximum atomic E-state index is 2.36.